The summed E-state index contributed by atoms with van der Waals surface area (Å²) in [5.41, 5.74) is 0. The van der Waals surface area contributed by atoms with Crippen LogP contribution in [0, 0.1) is 0 Å². The molecule has 0 bridgehead atoms. The highest BCUT2D eigenvalue weighted by Gasteiger charge is 1.97. The average Bonchev–Trinajstić information content (AvgIpc) is 2.70. The predicted molar refractivity (Wildman–Crippen MR) is 65.8 cm³/mol. The zero-order valence-electron chi connectivity index (χ0n) is 8.25. The van der Waals surface area contributed by atoms with Gasteiger partial charge in [-0.3, -0.25) is 0 Å². The van der Waals surface area contributed by atoms with Gasteiger partial charge in [0.05, 0.1) is 6.61 Å². The van der Waals surface area contributed by atoms with Gasteiger partial charge in [-0.25, -0.2) is 4.79 Å². The Kier molecular flexibility index (Phi) is 5.14. The van der Waals surface area contributed by atoms with Crippen LogP contribution in [0.4, 0.5) is 0 Å². The predicted octanol–water partition coefficient (Wildman–Crippen LogP) is 2.43. The topological polar surface area (TPSA) is 31.2 Å². The van der Waals surface area contributed by atoms with E-state index in [2.05, 4.69) is 0 Å². The molecule has 0 aromatic carbocycles. The summed E-state index contributed by atoms with van der Waals surface area (Å²) in [6.07, 6.45) is 5.07. The van der Waals surface area contributed by atoms with Crippen molar-refractivity contribution >= 4 is 34.3 Å². The number of carbonyl (C=O) groups is 1. The summed E-state index contributed by atoms with van der Waals surface area (Å²) in [5.74, 6) is -0.347. The van der Waals surface area contributed by atoms with E-state index >= 15 is 0 Å². The molecule has 0 radical (unpaired) electrons. The lowest BCUT2D eigenvalue weighted by Gasteiger charge is -1.99. The van der Waals surface area contributed by atoms with Gasteiger partial charge < -0.3 is 9.30 Å². The first-order valence-electron chi connectivity index (χ1n) is 4.41. The molecule has 1 aromatic heterocycles. The zero-order valence-corrected chi connectivity index (χ0v) is 9.88. The van der Waals surface area contributed by atoms with E-state index in [9.17, 15) is 4.79 Å². The molecule has 5 heteroatoms. The molecule has 0 saturated heterocycles. The number of rotatable bonds is 3. The molecule has 0 amide bonds. The van der Waals surface area contributed by atoms with E-state index in [1.54, 1.807) is 16.9 Å². The number of hydrogen-bond acceptors (Lipinski definition) is 4. The second kappa shape index (κ2) is 6.42. The molecule has 1 rings (SSSR count). The van der Waals surface area contributed by atoms with E-state index in [4.69, 9.17) is 17.0 Å². The molecule has 0 aliphatic rings. The van der Waals surface area contributed by atoms with Crippen molar-refractivity contribution < 1.29 is 9.53 Å². The van der Waals surface area contributed by atoms with Crippen LogP contribution in [0.2, 0.25) is 0 Å². The van der Waals surface area contributed by atoms with Crippen LogP contribution in [0.1, 0.15) is 6.92 Å². The molecule has 0 atom stereocenters. The van der Waals surface area contributed by atoms with Crippen molar-refractivity contribution in [3.63, 3.8) is 0 Å². The van der Waals surface area contributed by atoms with Crippen LogP contribution >= 0.6 is 24.0 Å². The highest BCUT2D eigenvalue weighted by molar-refractivity contribution is 8.24. The SMILES string of the molecule is CCOC(=O)C=CSC(=S)n1cccc1. The number of thioether (sulfide) groups is 1. The normalized spacial score (nSPS) is 10.5. The maximum atomic E-state index is 10.9. The Hall–Kier alpha value is -1.07. The zero-order chi connectivity index (χ0) is 11.1. The Morgan fingerprint density at radius 2 is 2.20 bits per heavy atom. The number of carbonyl (C=O) groups excluding carboxylic acids is 1. The van der Waals surface area contributed by atoms with Crippen molar-refractivity contribution in [3.05, 3.63) is 36.0 Å². The van der Waals surface area contributed by atoms with Gasteiger partial charge in [0.2, 0.25) is 0 Å². The fourth-order valence-electron chi connectivity index (χ4n) is 0.855. The number of thiocarbonyl (C=S) groups is 1. The van der Waals surface area contributed by atoms with Crippen LogP contribution in [0.5, 0.6) is 0 Å². The Balaban J connectivity index is 2.37. The van der Waals surface area contributed by atoms with Crippen molar-refractivity contribution in [1.29, 1.82) is 0 Å². The Morgan fingerprint density at radius 3 is 2.80 bits per heavy atom. The van der Waals surface area contributed by atoms with Crippen molar-refractivity contribution in [2.24, 2.45) is 0 Å². The number of esters is 1. The largest absolute Gasteiger partial charge is 0.463 e. The van der Waals surface area contributed by atoms with Crippen LogP contribution in [0.25, 0.3) is 0 Å². The third-order valence-corrected chi connectivity index (χ3v) is 2.66. The number of nitrogens with zero attached hydrogens (tertiary/aromatic N) is 1. The Labute approximate surface area is 98.1 Å². The van der Waals surface area contributed by atoms with Crippen molar-refractivity contribution in [3.8, 4) is 0 Å². The van der Waals surface area contributed by atoms with E-state index < -0.39 is 0 Å². The van der Waals surface area contributed by atoms with E-state index in [0.717, 1.165) is 0 Å². The standard InChI is InChI=1S/C10H11NO2S2/c1-2-13-9(12)5-8-15-10(14)11-6-3-4-7-11/h3-8H,2H2,1H3. The summed E-state index contributed by atoms with van der Waals surface area (Å²) >= 11 is 6.41. The van der Waals surface area contributed by atoms with Gasteiger partial charge in [0.15, 0.2) is 0 Å². The third-order valence-electron chi connectivity index (χ3n) is 1.47. The number of aromatic nitrogens is 1. The molecule has 0 N–H and O–H groups in total. The van der Waals surface area contributed by atoms with Gasteiger partial charge in [-0.05, 0) is 24.5 Å². The summed E-state index contributed by atoms with van der Waals surface area (Å²) in [6.45, 7) is 2.15. The van der Waals surface area contributed by atoms with Crippen LogP contribution in [-0.4, -0.2) is 21.5 Å². The first-order valence-corrected chi connectivity index (χ1v) is 5.70. The van der Waals surface area contributed by atoms with Gasteiger partial charge in [0.1, 0.15) is 4.32 Å². The molecule has 0 spiro atoms. The monoisotopic (exact) mass is 241 g/mol. The fraction of sp³-hybridized carbons (Fsp3) is 0.200. The Morgan fingerprint density at radius 1 is 1.53 bits per heavy atom. The number of hydrogen-bond donors (Lipinski definition) is 0. The fourth-order valence-corrected chi connectivity index (χ4v) is 1.68. The van der Waals surface area contributed by atoms with E-state index in [0.29, 0.717) is 10.9 Å². The lowest BCUT2D eigenvalue weighted by molar-refractivity contribution is -0.137. The van der Waals surface area contributed by atoms with Gasteiger partial charge in [-0.2, -0.15) is 0 Å². The molecule has 1 aromatic rings. The maximum Gasteiger partial charge on any atom is 0.331 e. The van der Waals surface area contributed by atoms with Crippen LogP contribution in [-0.2, 0) is 9.53 Å². The molecule has 3 nitrogen and oxygen atoms in total. The first-order chi connectivity index (χ1) is 7.24. The minimum absolute atomic E-state index is 0.347. The molecule has 80 valence electrons. The average molecular weight is 241 g/mol. The van der Waals surface area contributed by atoms with Gasteiger partial charge in [-0.15, -0.1) is 0 Å². The second-order valence-electron chi connectivity index (χ2n) is 2.53. The third kappa shape index (κ3) is 4.31. The second-order valence-corrected chi connectivity index (χ2v) is 4.07. The molecule has 0 aliphatic carbocycles. The summed E-state index contributed by atoms with van der Waals surface area (Å²) in [4.78, 5) is 10.9. The molecule has 0 fully saturated rings. The van der Waals surface area contributed by atoms with Crippen molar-refractivity contribution in [2.45, 2.75) is 6.92 Å². The van der Waals surface area contributed by atoms with Gasteiger partial charge in [-0.1, -0.05) is 24.0 Å². The summed E-state index contributed by atoms with van der Waals surface area (Å²) < 4.78 is 7.19. The smallest absolute Gasteiger partial charge is 0.331 e. The summed E-state index contributed by atoms with van der Waals surface area (Å²) in [6, 6.07) is 3.78. The first kappa shape index (κ1) is 12.0. The summed E-state index contributed by atoms with van der Waals surface area (Å²) in [7, 11) is 0. The minimum Gasteiger partial charge on any atom is -0.463 e. The lowest BCUT2D eigenvalue weighted by atomic mass is 10.6. The molecule has 0 aliphatic heterocycles. The van der Waals surface area contributed by atoms with Crippen molar-refractivity contribution in [1.82, 2.24) is 4.57 Å². The van der Waals surface area contributed by atoms with Crippen LogP contribution in [0.3, 0.4) is 0 Å². The molecule has 0 unspecified atom stereocenters. The van der Waals surface area contributed by atoms with Crippen LogP contribution in [0.15, 0.2) is 36.0 Å². The molecule has 0 saturated carbocycles. The molecular formula is C10H11NO2S2. The lowest BCUT2D eigenvalue weighted by Crippen LogP contribution is -2.01. The maximum absolute atomic E-state index is 10.9. The van der Waals surface area contributed by atoms with Gasteiger partial charge >= 0.3 is 5.97 Å². The van der Waals surface area contributed by atoms with E-state index in [1.165, 1.54) is 17.8 Å². The van der Waals surface area contributed by atoms with Crippen LogP contribution < -0.4 is 0 Å². The number of ether oxygens (including phenoxy) is 1. The highest BCUT2D eigenvalue weighted by atomic mass is 32.2. The molecule has 1 heterocycles. The van der Waals surface area contributed by atoms with Crippen molar-refractivity contribution in [2.75, 3.05) is 6.61 Å². The molecular weight excluding hydrogens is 230 g/mol. The molecule has 15 heavy (non-hydrogen) atoms. The van der Waals surface area contributed by atoms with Gasteiger partial charge in [0.25, 0.3) is 0 Å². The van der Waals surface area contributed by atoms with E-state index in [1.807, 2.05) is 24.5 Å². The van der Waals surface area contributed by atoms with Gasteiger partial charge in [0, 0.05) is 18.5 Å². The summed E-state index contributed by atoms with van der Waals surface area (Å²) in [5, 5.41) is 1.63. The minimum atomic E-state index is -0.347. The highest BCUT2D eigenvalue weighted by Crippen LogP contribution is 2.09. The van der Waals surface area contributed by atoms with E-state index in [-0.39, 0.29) is 5.97 Å². The Bertz CT molecular complexity index is 358. The quantitative estimate of drug-likeness (QED) is 0.462.